The Kier molecular flexibility index (Phi) is 11.4. The number of hydrogen-bond donors (Lipinski definition) is 1. The summed E-state index contributed by atoms with van der Waals surface area (Å²) in [5.41, 5.74) is 2.53. The van der Waals surface area contributed by atoms with E-state index in [9.17, 15) is 14.7 Å². The molecule has 0 fully saturated rings. The van der Waals surface area contributed by atoms with Crippen molar-refractivity contribution in [1.82, 2.24) is 4.90 Å². The number of carboxylic acids is 1. The monoisotopic (exact) mass is 505 g/mol. The van der Waals surface area contributed by atoms with Crippen molar-refractivity contribution in [3.05, 3.63) is 95.6 Å². The predicted octanol–water partition coefficient (Wildman–Crippen LogP) is 6.71. The third-order valence-electron chi connectivity index (χ3n) is 5.88. The van der Waals surface area contributed by atoms with Gasteiger partial charge in [-0.15, -0.1) is 11.8 Å². The third kappa shape index (κ3) is 9.08. The van der Waals surface area contributed by atoms with Gasteiger partial charge in [-0.2, -0.15) is 0 Å². The minimum Gasteiger partial charge on any atom is -0.484 e. The second kappa shape index (κ2) is 15.0. The van der Waals surface area contributed by atoms with Gasteiger partial charge < -0.3 is 14.7 Å². The maximum absolute atomic E-state index is 13.0. The molecule has 1 amide bonds. The average Bonchev–Trinajstić information content (AvgIpc) is 2.90. The summed E-state index contributed by atoms with van der Waals surface area (Å²) in [7, 11) is 0. The molecule has 0 aromatic heterocycles. The summed E-state index contributed by atoms with van der Waals surface area (Å²) in [6.07, 6.45) is 5.21. The maximum atomic E-state index is 13.0. The van der Waals surface area contributed by atoms with E-state index < -0.39 is 5.97 Å². The lowest BCUT2D eigenvalue weighted by Crippen LogP contribution is -2.35. The van der Waals surface area contributed by atoms with Crippen LogP contribution in [0.2, 0.25) is 0 Å². The summed E-state index contributed by atoms with van der Waals surface area (Å²) in [5.74, 6) is 0.490. The smallest absolute Gasteiger partial charge is 0.336 e. The van der Waals surface area contributed by atoms with Gasteiger partial charge in [0.2, 0.25) is 0 Å². The van der Waals surface area contributed by atoms with Gasteiger partial charge in [0.1, 0.15) is 5.75 Å². The highest BCUT2D eigenvalue weighted by Crippen LogP contribution is 2.24. The first kappa shape index (κ1) is 27.3. The summed E-state index contributed by atoms with van der Waals surface area (Å²) in [6, 6.07) is 24.9. The lowest BCUT2D eigenvalue weighted by molar-refractivity contribution is -0.134. The Labute approximate surface area is 218 Å². The highest BCUT2D eigenvalue weighted by molar-refractivity contribution is 7.99. The van der Waals surface area contributed by atoms with Gasteiger partial charge in [0.15, 0.2) is 6.61 Å². The molecule has 0 atom stereocenters. The van der Waals surface area contributed by atoms with Crippen molar-refractivity contribution in [2.24, 2.45) is 0 Å². The molecule has 0 unspecified atom stereocenters. The van der Waals surface area contributed by atoms with Crippen LogP contribution in [-0.4, -0.2) is 40.8 Å². The third-order valence-corrected chi connectivity index (χ3v) is 6.95. The molecule has 0 aliphatic heterocycles. The quantitative estimate of drug-likeness (QED) is 0.184. The number of nitrogens with zero attached hydrogens (tertiary/aromatic N) is 1. The molecular weight excluding hydrogens is 470 g/mol. The number of rotatable bonds is 15. The summed E-state index contributed by atoms with van der Waals surface area (Å²) in [6.45, 7) is 3.50. The zero-order chi connectivity index (χ0) is 25.6. The predicted molar refractivity (Wildman–Crippen MR) is 146 cm³/mol. The molecule has 3 rings (SSSR count). The highest BCUT2D eigenvalue weighted by Gasteiger charge is 2.15. The Hall–Kier alpha value is -3.25. The van der Waals surface area contributed by atoms with E-state index in [1.807, 2.05) is 71.6 Å². The van der Waals surface area contributed by atoms with E-state index in [0.29, 0.717) is 17.9 Å². The van der Waals surface area contributed by atoms with Crippen LogP contribution < -0.4 is 4.74 Å². The van der Waals surface area contributed by atoms with Crippen LogP contribution in [0.25, 0.3) is 0 Å². The molecule has 3 aromatic rings. The number of aryl methyl sites for hydroxylation is 1. The molecule has 0 spiro atoms. The normalized spacial score (nSPS) is 10.7. The molecule has 0 aliphatic carbocycles. The molecular formula is C30H35NO4S. The molecule has 6 heteroatoms. The maximum Gasteiger partial charge on any atom is 0.336 e. The molecule has 190 valence electrons. The van der Waals surface area contributed by atoms with Crippen LogP contribution in [0.4, 0.5) is 0 Å². The SMILES string of the molecule is CCCCCCN(Cc1ccccc1)C(=O)COc1cccc(CCSc2ccccc2C(=O)O)c1. The number of carbonyl (C=O) groups excluding carboxylic acids is 1. The van der Waals surface area contributed by atoms with Crippen LogP contribution in [0.5, 0.6) is 5.75 Å². The van der Waals surface area contributed by atoms with Crippen molar-refractivity contribution < 1.29 is 19.4 Å². The summed E-state index contributed by atoms with van der Waals surface area (Å²) >= 11 is 1.53. The van der Waals surface area contributed by atoms with Gasteiger partial charge in [-0.05, 0) is 48.2 Å². The fraction of sp³-hybridized carbons (Fsp3) is 0.333. The fourth-order valence-electron chi connectivity index (χ4n) is 3.90. The summed E-state index contributed by atoms with van der Waals surface area (Å²) in [5, 5.41) is 9.35. The van der Waals surface area contributed by atoms with E-state index in [-0.39, 0.29) is 12.5 Å². The van der Waals surface area contributed by atoms with Gasteiger partial charge in [0.25, 0.3) is 5.91 Å². The highest BCUT2D eigenvalue weighted by atomic mass is 32.2. The molecule has 0 heterocycles. The second-order valence-corrected chi connectivity index (χ2v) is 9.83. The van der Waals surface area contributed by atoms with Crippen molar-refractivity contribution in [2.75, 3.05) is 18.9 Å². The van der Waals surface area contributed by atoms with Crippen molar-refractivity contribution >= 4 is 23.6 Å². The van der Waals surface area contributed by atoms with Crippen LogP contribution in [0.3, 0.4) is 0 Å². The van der Waals surface area contributed by atoms with Crippen LogP contribution in [0.1, 0.15) is 54.1 Å². The Morgan fingerprint density at radius 3 is 2.42 bits per heavy atom. The van der Waals surface area contributed by atoms with E-state index in [1.165, 1.54) is 18.2 Å². The van der Waals surface area contributed by atoms with Crippen molar-refractivity contribution in [1.29, 1.82) is 0 Å². The minimum absolute atomic E-state index is 0.00476. The van der Waals surface area contributed by atoms with Crippen LogP contribution in [0.15, 0.2) is 83.8 Å². The van der Waals surface area contributed by atoms with Gasteiger partial charge in [0, 0.05) is 23.7 Å². The molecule has 36 heavy (non-hydrogen) atoms. The standard InChI is InChI=1S/C30H35NO4S/c1-2-3-4-10-19-31(22-25-12-6-5-7-13-25)29(32)23-35-26-15-11-14-24(21-26)18-20-36-28-17-9-8-16-27(28)30(33)34/h5-9,11-17,21H,2-4,10,18-20,22-23H2,1H3,(H,33,34). The Bertz CT molecular complexity index is 1100. The van der Waals surface area contributed by atoms with Crippen LogP contribution in [-0.2, 0) is 17.8 Å². The number of carbonyl (C=O) groups is 2. The molecule has 0 bridgehead atoms. The molecule has 0 radical (unpaired) electrons. The molecule has 5 nitrogen and oxygen atoms in total. The molecule has 1 N–H and O–H groups in total. The van der Waals surface area contributed by atoms with E-state index in [0.717, 1.165) is 54.0 Å². The van der Waals surface area contributed by atoms with E-state index in [4.69, 9.17) is 4.74 Å². The van der Waals surface area contributed by atoms with Gasteiger partial charge in [-0.25, -0.2) is 4.79 Å². The lowest BCUT2D eigenvalue weighted by atomic mass is 10.1. The van der Waals surface area contributed by atoms with E-state index in [2.05, 4.69) is 6.92 Å². The Morgan fingerprint density at radius 1 is 0.889 bits per heavy atom. The first-order valence-electron chi connectivity index (χ1n) is 12.6. The number of thioether (sulfide) groups is 1. The number of unbranched alkanes of at least 4 members (excludes halogenated alkanes) is 3. The first-order chi connectivity index (χ1) is 17.6. The van der Waals surface area contributed by atoms with Crippen LogP contribution >= 0.6 is 11.8 Å². The minimum atomic E-state index is -0.912. The zero-order valence-corrected chi connectivity index (χ0v) is 21.7. The molecule has 0 aliphatic rings. The van der Waals surface area contributed by atoms with E-state index >= 15 is 0 Å². The number of carboxylic acid groups (broad SMARTS) is 1. The Morgan fingerprint density at radius 2 is 1.64 bits per heavy atom. The molecule has 0 saturated heterocycles. The van der Waals surface area contributed by atoms with Crippen molar-refractivity contribution in [2.45, 2.75) is 50.5 Å². The number of aromatic carboxylic acids is 1. The average molecular weight is 506 g/mol. The summed E-state index contributed by atoms with van der Waals surface area (Å²) < 4.78 is 5.89. The zero-order valence-electron chi connectivity index (χ0n) is 20.9. The van der Waals surface area contributed by atoms with Crippen LogP contribution in [0, 0.1) is 0 Å². The van der Waals surface area contributed by atoms with Gasteiger partial charge in [0.05, 0.1) is 5.56 Å². The lowest BCUT2D eigenvalue weighted by Gasteiger charge is -2.23. The van der Waals surface area contributed by atoms with Gasteiger partial charge in [-0.1, -0.05) is 80.8 Å². The number of benzene rings is 3. The first-order valence-corrected chi connectivity index (χ1v) is 13.5. The van der Waals surface area contributed by atoms with E-state index in [1.54, 1.807) is 12.1 Å². The molecule has 0 saturated carbocycles. The number of hydrogen-bond acceptors (Lipinski definition) is 4. The topological polar surface area (TPSA) is 66.8 Å². The number of ether oxygens (including phenoxy) is 1. The van der Waals surface area contributed by atoms with Crippen molar-refractivity contribution in [3.8, 4) is 5.75 Å². The summed E-state index contributed by atoms with van der Waals surface area (Å²) in [4.78, 5) is 27.1. The van der Waals surface area contributed by atoms with Crippen molar-refractivity contribution in [3.63, 3.8) is 0 Å². The van der Waals surface area contributed by atoms with Gasteiger partial charge in [-0.3, -0.25) is 4.79 Å². The fourth-order valence-corrected chi connectivity index (χ4v) is 4.94. The molecule has 3 aromatic carbocycles. The second-order valence-electron chi connectivity index (χ2n) is 8.70. The van der Waals surface area contributed by atoms with Gasteiger partial charge >= 0.3 is 5.97 Å². The number of amides is 1. The largest absolute Gasteiger partial charge is 0.484 e. The Balaban J connectivity index is 1.53.